The van der Waals surface area contributed by atoms with E-state index in [9.17, 15) is 14.4 Å². The molecule has 1 saturated heterocycles. The molecule has 3 rings (SSSR count). The van der Waals surface area contributed by atoms with Gasteiger partial charge in [0.15, 0.2) is 0 Å². The van der Waals surface area contributed by atoms with Crippen LogP contribution in [-0.4, -0.2) is 52.8 Å². The Morgan fingerprint density at radius 2 is 1.83 bits per heavy atom. The lowest BCUT2D eigenvalue weighted by atomic mass is 9.77. The molecule has 3 fully saturated rings. The van der Waals surface area contributed by atoms with Gasteiger partial charge < -0.3 is 10.2 Å². The first-order chi connectivity index (χ1) is 10.9. The molecule has 0 aromatic rings. The first kappa shape index (κ1) is 16.3. The van der Waals surface area contributed by atoms with Crippen molar-refractivity contribution in [3.63, 3.8) is 0 Å². The number of urea groups is 1. The molecule has 0 atom stereocenters. The zero-order valence-corrected chi connectivity index (χ0v) is 14.1. The molecule has 2 saturated carbocycles. The fraction of sp³-hybridized carbons (Fsp3) is 0.824. The molecule has 3 aliphatic rings. The maximum absolute atomic E-state index is 12.8. The van der Waals surface area contributed by atoms with E-state index in [0.717, 1.165) is 43.4 Å². The van der Waals surface area contributed by atoms with Crippen molar-refractivity contribution < 1.29 is 14.4 Å². The van der Waals surface area contributed by atoms with Crippen molar-refractivity contribution in [2.75, 3.05) is 13.6 Å². The Balaban J connectivity index is 1.65. The molecule has 0 aromatic carbocycles. The lowest BCUT2D eigenvalue weighted by Gasteiger charge is -2.33. The Morgan fingerprint density at radius 3 is 2.43 bits per heavy atom. The average molecular weight is 321 g/mol. The molecule has 0 radical (unpaired) electrons. The van der Waals surface area contributed by atoms with Gasteiger partial charge >= 0.3 is 6.03 Å². The summed E-state index contributed by atoms with van der Waals surface area (Å²) in [4.78, 5) is 40.3. The van der Waals surface area contributed by atoms with E-state index in [2.05, 4.69) is 12.2 Å². The minimum atomic E-state index is -0.754. The minimum absolute atomic E-state index is 0.130. The Labute approximate surface area is 137 Å². The van der Waals surface area contributed by atoms with Gasteiger partial charge in [0.05, 0.1) is 0 Å². The van der Waals surface area contributed by atoms with Crippen molar-refractivity contribution in [1.29, 1.82) is 0 Å². The van der Waals surface area contributed by atoms with Crippen molar-refractivity contribution in [3.8, 4) is 0 Å². The number of nitrogens with one attached hydrogen (secondary N) is 1. The van der Waals surface area contributed by atoms with Gasteiger partial charge in [-0.05, 0) is 44.4 Å². The van der Waals surface area contributed by atoms with Gasteiger partial charge in [-0.3, -0.25) is 14.5 Å². The van der Waals surface area contributed by atoms with E-state index in [1.165, 1.54) is 0 Å². The second-order valence-corrected chi connectivity index (χ2v) is 7.53. The van der Waals surface area contributed by atoms with Crippen LogP contribution in [0, 0.1) is 5.92 Å². The summed E-state index contributed by atoms with van der Waals surface area (Å²) in [6.07, 6.45) is 7.57. The molecule has 1 N–H and O–H groups in total. The Morgan fingerprint density at radius 1 is 1.22 bits per heavy atom. The number of imide groups is 1. The lowest BCUT2D eigenvalue weighted by Crippen LogP contribution is -2.50. The summed E-state index contributed by atoms with van der Waals surface area (Å²) in [7, 11) is 1.79. The minimum Gasteiger partial charge on any atom is -0.341 e. The SMILES string of the molecule is CC1CCC2(CC1)NC(=O)N(CC(=O)N(C)C1CCCC1)C2=O. The molecule has 0 unspecified atom stereocenters. The van der Waals surface area contributed by atoms with E-state index >= 15 is 0 Å². The molecular weight excluding hydrogens is 294 g/mol. The highest BCUT2D eigenvalue weighted by Gasteiger charge is 2.52. The summed E-state index contributed by atoms with van der Waals surface area (Å²) in [5.74, 6) is 0.249. The normalized spacial score (nSPS) is 31.7. The average Bonchev–Trinajstić information content (AvgIpc) is 3.13. The van der Waals surface area contributed by atoms with Gasteiger partial charge in [-0.15, -0.1) is 0 Å². The molecule has 2 aliphatic carbocycles. The highest BCUT2D eigenvalue weighted by Crippen LogP contribution is 2.36. The lowest BCUT2D eigenvalue weighted by molar-refractivity contribution is -0.140. The molecule has 128 valence electrons. The molecule has 6 heteroatoms. The topological polar surface area (TPSA) is 69.7 Å². The molecule has 23 heavy (non-hydrogen) atoms. The molecule has 1 heterocycles. The molecule has 1 spiro atoms. The van der Waals surface area contributed by atoms with Crippen molar-refractivity contribution in [2.45, 2.75) is 69.9 Å². The molecule has 0 aromatic heterocycles. The van der Waals surface area contributed by atoms with Gasteiger partial charge in [0.1, 0.15) is 12.1 Å². The fourth-order valence-corrected chi connectivity index (χ4v) is 4.16. The zero-order chi connectivity index (χ0) is 16.6. The van der Waals surface area contributed by atoms with Crippen molar-refractivity contribution >= 4 is 17.8 Å². The number of hydrogen-bond acceptors (Lipinski definition) is 3. The number of amides is 4. The standard InChI is InChI=1S/C17H27N3O3/c1-12-7-9-17(10-8-12)15(22)20(16(23)18-17)11-14(21)19(2)13-5-3-4-6-13/h12-13H,3-11H2,1-2H3,(H,18,23). The van der Waals surface area contributed by atoms with E-state index in [0.29, 0.717) is 18.8 Å². The zero-order valence-electron chi connectivity index (χ0n) is 14.1. The molecule has 4 amide bonds. The monoisotopic (exact) mass is 321 g/mol. The van der Waals surface area contributed by atoms with Gasteiger partial charge in [-0.25, -0.2) is 4.79 Å². The van der Waals surface area contributed by atoms with Crippen LogP contribution >= 0.6 is 0 Å². The first-order valence-electron chi connectivity index (χ1n) is 8.83. The van der Waals surface area contributed by atoms with Crippen molar-refractivity contribution in [2.24, 2.45) is 5.92 Å². The van der Waals surface area contributed by atoms with Crippen LogP contribution in [-0.2, 0) is 9.59 Å². The summed E-state index contributed by atoms with van der Waals surface area (Å²) in [6.45, 7) is 2.04. The van der Waals surface area contributed by atoms with Gasteiger partial charge in [-0.1, -0.05) is 19.8 Å². The van der Waals surface area contributed by atoms with Crippen LogP contribution in [0.4, 0.5) is 4.79 Å². The Hall–Kier alpha value is -1.59. The van der Waals surface area contributed by atoms with Gasteiger partial charge in [0.2, 0.25) is 5.91 Å². The maximum atomic E-state index is 12.8. The second-order valence-electron chi connectivity index (χ2n) is 7.53. The van der Waals surface area contributed by atoms with Crippen LogP contribution in [0.15, 0.2) is 0 Å². The highest BCUT2D eigenvalue weighted by atomic mass is 16.2. The first-order valence-corrected chi connectivity index (χ1v) is 8.83. The number of nitrogens with zero attached hydrogens (tertiary/aromatic N) is 2. The second kappa shape index (κ2) is 6.13. The quantitative estimate of drug-likeness (QED) is 0.807. The summed E-state index contributed by atoms with van der Waals surface area (Å²) in [5.41, 5.74) is -0.754. The molecular formula is C17H27N3O3. The van der Waals surface area contributed by atoms with Crippen LogP contribution in [0.3, 0.4) is 0 Å². The van der Waals surface area contributed by atoms with E-state index in [-0.39, 0.29) is 24.4 Å². The van der Waals surface area contributed by atoms with Crippen LogP contribution in [0.1, 0.15) is 58.3 Å². The summed E-state index contributed by atoms with van der Waals surface area (Å²) < 4.78 is 0. The van der Waals surface area contributed by atoms with Gasteiger partial charge in [0, 0.05) is 13.1 Å². The van der Waals surface area contributed by atoms with Crippen LogP contribution < -0.4 is 5.32 Å². The van der Waals surface area contributed by atoms with Crippen LogP contribution in [0.5, 0.6) is 0 Å². The Bertz CT molecular complexity index is 505. The van der Waals surface area contributed by atoms with Crippen LogP contribution in [0.25, 0.3) is 0 Å². The number of likely N-dealkylation sites (N-methyl/N-ethyl adjacent to an activating group) is 1. The van der Waals surface area contributed by atoms with Crippen molar-refractivity contribution in [3.05, 3.63) is 0 Å². The molecule has 6 nitrogen and oxygen atoms in total. The maximum Gasteiger partial charge on any atom is 0.325 e. The van der Waals surface area contributed by atoms with Gasteiger partial charge in [-0.2, -0.15) is 0 Å². The number of carbonyl (C=O) groups excluding carboxylic acids is 3. The van der Waals surface area contributed by atoms with Crippen LogP contribution in [0.2, 0.25) is 0 Å². The van der Waals surface area contributed by atoms with Crippen molar-refractivity contribution in [1.82, 2.24) is 15.1 Å². The summed E-state index contributed by atoms with van der Waals surface area (Å²) in [5, 5.41) is 2.87. The highest BCUT2D eigenvalue weighted by molar-refractivity contribution is 6.09. The Kier molecular flexibility index (Phi) is 4.34. The van der Waals surface area contributed by atoms with E-state index in [1.54, 1.807) is 11.9 Å². The molecule has 0 bridgehead atoms. The third kappa shape index (κ3) is 2.95. The van der Waals surface area contributed by atoms with Gasteiger partial charge in [0.25, 0.3) is 5.91 Å². The van der Waals surface area contributed by atoms with E-state index in [4.69, 9.17) is 0 Å². The summed E-state index contributed by atoms with van der Waals surface area (Å²) in [6, 6.07) is -0.148. The van der Waals surface area contributed by atoms with E-state index < -0.39 is 11.6 Å². The molecule has 1 aliphatic heterocycles. The summed E-state index contributed by atoms with van der Waals surface area (Å²) >= 11 is 0. The predicted molar refractivity (Wildman–Crippen MR) is 85.6 cm³/mol. The largest absolute Gasteiger partial charge is 0.341 e. The smallest absolute Gasteiger partial charge is 0.325 e. The number of carbonyl (C=O) groups is 3. The fourth-order valence-electron chi connectivity index (χ4n) is 4.16. The number of hydrogen-bond donors (Lipinski definition) is 1. The van der Waals surface area contributed by atoms with E-state index in [1.807, 2.05) is 0 Å². The predicted octanol–water partition coefficient (Wildman–Crippen LogP) is 1.89. The number of rotatable bonds is 3. The third-order valence-electron chi connectivity index (χ3n) is 5.93. The third-order valence-corrected chi connectivity index (χ3v) is 5.93.